The van der Waals surface area contributed by atoms with Crippen molar-refractivity contribution in [1.29, 1.82) is 0 Å². The highest BCUT2D eigenvalue weighted by atomic mass is 16.2. The van der Waals surface area contributed by atoms with Crippen LogP contribution in [-0.4, -0.2) is 46.9 Å². The van der Waals surface area contributed by atoms with Crippen LogP contribution in [0, 0.1) is 5.92 Å². The van der Waals surface area contributed by atoms with E-state index in [1.807, 2.05) is 23.9 Å². The van der Waals surface area contributed by atoms with Crippen LogP contribution in [0.2, 0.25) is 0 Å². The van der Waals surface area contributed by atoms with Gasteiger partial charge < -0.3 is 10.6 Å². The zero-order valence-electron chi connectivity index (χ0n) is 14.1. The third-order valence-electron chi connectivity index (χ3n) is 4.34. The summed E-state index contributed by atoms with van der Waals surface area (Å²) in [6.45, 7) is 6.37. The van der Waals surface area contributed by atoms with Gasteiger partial charge in [-0.1, -0.05) is 12.1 Å². The Morgan fingerprint density at radius 2 is 2.25 bits per heavy atom. The molecule has 128 valence electrons. The Hall–Kier alpha value is -2.34. The smallest absolute Gasteiger partial charge is 0.314 e. The van der Waals surface area contributed by atoms with E-state index in [1.54, 1.807) is 6.20 Å². The predicted octanol–water partition coefficient (Wildman–Crippen LogP) is 2.01. The fraction of sp³-hybridized carbons (Fsp3) is 0.444. The molecule has 1 fully saturated rings. The van der Waals surface area contributed by atoms with Crippen LogP contribution in [0.5, 0.6) is 0 Å². The maximum absolute atomic E-state index is 11.5. The maximum Gasteiger partial charge on any atom is 0.314 e. The van der Waals surface area contributed by atoms with Gasteiger partial charge in [0.05, 0.1) is 5.69 Å². The molecule has 3 rings (SSSR count). The lowest BCUT2D eigenvalue weighted by atomic mass is 10.1. The molecule has 2 amide bonds. The minimum Gasteiger partial charge on any atom is -0.338 e. The average Bonchev–Trinajstić information content (AvgIpc) is 3.25. The number of rotatable bonds is 6. The molecule has 2 aromatic rings. The first-order valence-electron chi connectivity index (χ1n) is 8.57. The number of likely N-dealkylation sites (tertiary alicyclic amines) is 1. The van der Waals surface area contributed by atoms with Crippen LogP contribution < -0.4 is 10.6 Å². The summed E-state index contributed by atoms with van der Waals surface area (Å²) in [7, 11) is 0. The SMILES string of the molecule is CCNC(=O)NC[C@H]1CCN(Cc2cccc(-n3cccn3)c2)C1. The second-order valence-corrected chi connectivity index (χ2v) is 6.25. The first-order valence-corrected chi connectivity index (χ1v) is 8.57. The first kappa shape index (κ1) is 16.5. The molecule has 1 aromatic heterocycles. The highest BCUT2D eigenvalue weighted by Crippen LogP contribution is 2.19. The molecule has 6 heteroatoms. The Morgan fingerprint density at radius 1 is 1.33 bits per heavy atom. The number of aromatic nitrogens is 2. The largest absolute Gasteiger partial charge is 0.338 e. The van der Waals surface area contributed by atoms with Crippen molar-refractivity contribution in [2.75, 3.05) is 26.2 Å². The molecule has 0 radical (unpaired) electrons. The van der Waals surface area contributed by atoms with Crippen molar-refractivity contribution >= 4 is 6.03 Å². The molecule has 1 aliphatic heterocycles. The van der Waals surface area contributed by atoms with E-state index >= 15 is 0 Å². The predicted molar refractivity (Wildman–Crippen MR) is 94.0 cm³/mol. The van der Waals surface area contributed by atoms with E-state index < -0.39 is 0 Å². The Balaban J connectivity index is 1.51. The zero-order valence-corrected chi connectivity index (χ0v) is 14.1. The molecule has 0 spiro atoms. The van der Waals surface area contributed by atoms with E-state index in [0.717, 1.165) is 38.3 Å². The van der Waals surface area contributed by atoms with Crippen molar-refractivity contribution in [2.24, 2.45) is 5.92 Å². The zero-order chi connectivity index (χ0) is 16.8. The molecule has 1 saturated heterocycles. The highest BCUT2D eigenvalue weighted by Gasteiger charge is 2.22. The molecule has 6 nitrogen and oxygen atoms in total. The summed E-state index contributed by atoms with van der Waals surface area (Å²) in [5.41, 5.74) is 2.38. The number of urea groups is 1. The molecule has 24 heavy (non-hydrogen) atoms. The molecule has 0 saturated carbocycles. The number of hydrogen-bond donors (Lipinski definition) is 2. The summed E-state index contributed by atoms with van der Waals surface area (Å²) >= 11 is 0. The summed E-state index contributed by atoms with van der Waals surface area (Å²) in [6.07, 6.45) is 4.88. The molecule has 0 unspecified atom stereocenters. The molecule has 1 atom stereocenters. The molecule has 2 N–H and O–H groups in total. The molecular formula is C18H25N5O. The van der Waals surface area contributed by atoms with Crippen LogP contribution in [0.15, 0.2) is 42.7 Å². The quantitative estimate of drug-likeness (QED) is 0.853. The van der Waals surface area contributed by atoms with Crippen molar-refractivity contribution in [1.82, 2.24) is 25.3 Å². The van der Waals surface area contributed by atoms with Crippen molar-refractivity contribution in [3.8, 4) is 5.69 Å². The number of amides is 2. The van der Waals surface area contributed by atoms with Gasteiger partial charge >= 0.3 is 6.03 Å². The van der Waals surface area contributed by atoms with E-state index in [4.69, 9.17) is 0 Å². The normalized spacial score (nSPS) is 17.8. The van der Waals surface area contributed by atoms with E-state index in [2.05, 4.69) is 44.9 Å². The molecule has 1 aliphatic rings. The molecule has 1 aromatic carbocycles. The fourth-order valence-electron chi connectivity index (χ4n) is 3.16. The average molecular weight is 327 g/mol. The van der Waals surface area contributed by atoms with Gasteiger partial charge in [-0.2, -0.15) is 5.10 Å². The third-order valence-corrected chi connectivity index (χ3v) is 4.34. The van der Waals surface area contributed by atoms with Crippen LogP contribution in [0.25, 0.3) is 5.69 Å². The minimum atomic E-state index is -0.0668. The van der Waals surface area contributed by atoms with Gasteiger partial charge in [0.1, 0.15) is 0 Å². The number of hydrogen-bond acceptors (Lipinski definition) is 3. The summed E-state index contributed by atoms with van der Waals surface area (Å²) in [4.78, 5) is 13.9. The van der Waals surface area contributed by atoms with Crippen molar-refractivity contribution < 1.29 is 4.79 Å². The summed E-state index contributed by atoms with van der Waals surface area (Å²) in [5, 5.41) is 10.0. The maximum atomic E-state index is 11.5. The highest BCUT2D eigenvalue weighted by molar-refractivity contribution is 5.73. The van der Waals surface area contributed by atoms with Gasteiger partial charge in [-0.15, -0.1) is 0 Å². The second-order valence-electron chi connectivity index (χ2n) is 6.25. The van der Waals surface area contributed by atoms with Crippen molar-refractivity contribution in [3.05, 3.63) is 48.3 Å². The van der Waals surface area contributed by atoms with Crippen LogP contribution in [0.3, 0.4) is 0 Å². The monoisotopic (exact) mass is 327 g/mol. The molecule has 2 heterocycles. The summed E-state index contributed by atoms with van der Waals surface area (Å²) in [6, 6.07) is 10.4. The van der Waals surface area contributed by atoms with Gasteiger partial charge in [0.2, 0.25) is 0 Å². The first-order chi connectivity index (χ1) is 11.7. The standard InChI is InChI=1S/C18H25N5O/c1-2-19-18(24)20-12-16-7-10-22(14-16)13-15-5-3-6-17(11-15)23-9-4-8-21-23/h3-6,8-9,11,16H,2,7,10,12-14H2,1H3,(H2,19,20,24)/t16-/m1/s1. The Morgan fingerprint density at radius 3 is 3.04 bits per heavy atom. The van der Waals surface area contributed by atoms with E-state index in [9.17, 15) is 4.79 Å². The lowest BCUT2D eigenvalue weighted by molar-refractivity contribution is 0.239. The van der Waals surface area contributed by atoms with Gasteiger partial charge in [-0.25, -0.2) is 9.48 Å². The van der Waals surface area contributed by atoms with Gasteiger partial charge in [-0.05, 0) is 49.6 Å². The lowest BCUT2D eigenvalue weighted by Crippen LogP contribution is -2.38. The van der Waals surface area contributed by atoms with Crippen LogP contribution in [0.4, 0.5) is 4.79 Å². The Bertz CT molecular complexity index is 655. The Labute approximate surface area is 142 Å². The van der Waals surface area contributed by atoms with Crippen LogP contribution in [0.1, 0.15) is 18.9 Å². The van der Waals surface area contributed by atoms with Gasteiger partial charge in [0.25, 0.3) is 0 Å². The molecule has 0 aliphatic carbocycles. The number of nitrogens with one attached hydrogen (secondary N) is 2. The number of carbonyl (C=O) groups is 1. The fourth-order valence-corrected chi connectivity index (χ4v) is 3.16. The van der Waals surface area contributed by atoms with Crippen molar-refractivity contribution in [3.63, 3.8) is 0 Å². The summed E-state index contributed by atoms with van der Waals surface area (Å²) in [5.74, 6) is 0.530. The topological polar surface area (TPSA) is 62.2 Å². The Kier molecular flexibility index (Phi) is 5.48. The second kappa shape index (κ2) is 7.97. The minimum absolute atomic E-state index is 0.0668. The number of carbonyl (C=O) groups excluding carboxylic acids is 1. The van der Waals surface area contributed by atoms with E-state index in [-0.39, 0.29) is 6.03 Å². The van der Waals surface area contributed by atoms with Crippen molar-refractivity contribution in [2.45, 2.75) is 19.9 Å². The van der Waals surface area contributed by atoms with E-state index in [0.29, 0.717) is 12.5 Å². The van der Waals surface area contributed by atoms with Crippen LogP contribution >= 0.6 is 0 Å². The van der Waals surface area contributed by atoms with E-state index in [1.165, 1.54) is 5.56 Å². The van der Waals surface area contributed by atoms with Gasteiger partial charge in [-0.3, -0.25) is 4.90 Å². The molecular weight excluding hydrogens is 302 g/mol. The third kappa shape index (κ3) is 4.35. The van der Waals surface area contributed by atoms with Gasteiger partial charge in [0, 0.05) is 38.6 Å². The lowest BCUT2D eigenvalue weighted by Gasteiger charge is -2.17. The number of nitrogens with zero attached hydrogens (tertiary/aromatic N) is 3. The van der Waals surface area contributed by atoms with Gasteiger partial charge in [0.15, 0.2) is 0 Å². The van der Waals surface area contributed by atoms with Crippen LogP contribution in [-0.2, 0) is 6.54 Å². The number of benzene rings is 1. The molecule has 0 bridgehead atoms. The summed E-state index contributed by atoms with van der Waals surface area (Å²) < 4.78 is 1.88.